The standard InChI is InChI=1S/C16H25N/c1-2-14-9-6-10-16(11-14,13-17)12-15-7-4-3-5-8-15/h3-5,7-8,14H,2,6,9-13,17H2,1H3. The van der Waals surface area contributed by atoms with Crippen LogP contribution in [0.5, 0.6) is 0 Å². The van der Waals surface area contributed by atoms with Crippen LogP contribution < -0.4 is 5.73 Å². The maximum absolute atomic E-state index is 6.10. The molecule has 1 aliphatic rings. The third kappa shape index (κ3) is 3.10. The Kier molecular flexibility index (Phi) is 4.22. The topological polar surface area (TPSA) is 26.0 Å². The van der Waals surface area contributed by atoms with Gasteiger partial charge in [-0.1, -0.05) is 56.5 Å². The lowest BCUT2D eigenvalue weighted by Crippen LogP contribution is -2.37. The molecule has 0 bridgehead atoms. The van der Waals surface area contributed by atoms with E-state index in [1.165, 1.54) is 44.1 Å². The summed E-state index contributed by atoms with van der Waals surface area (Å²) in [4.78, 5) is 0. The van der Waals surface area contributed by atoms with Crippen LogP contribution in [0.1, 0.15) is 44.6 Å². The Balaban J connectivity index is 2.08. The van der Waals surface area contributed by atoms with Crippen LogP contribution in [-0.2, 0) is 6.42 Å². The molecule has 1 fully saturated rings. The van der Waals surface area contributed by atoms with Gasteiger partial charge >= 0.3 is 0 Å². The first-order chi connectivity index (χ1) is 8.28. The van der Waals surface area contributed by atoms with Crippen molar-refractivity contribution in [2.75, 3.05) is 6.54 Å². The Morgan fingerprint density at radius 3 is 2.71 bits per heavy atom. The highest BCUT2D eigenvalue weighted by atomic mass is 14.6. The molecule has 2 atom stereocenters. The quantitative estimate of drug-likeness (QED) is 0.838. The summed E-state index contributed by atoms with van der Waals surface area (Å²) in [5, 5.41) is 0. The second-order valence-corrected chi connectivity index (χ2v) is 5.74. The molecular formula is C16H25N. The van der Waals surface area contributed by atoms with Crippen LogP contribution in [0.15, 0.2) is 30.3 Å². The maximum atomic E-state index is 6.10. The van der Waals surface area contributed by atoms with Crippen LogP contribution in [-0.4, -0.2) is 6.54 Å². The summed E-state index contributed by atoms with van der Waals surface area (Å²) in [6.07, 6.45) is 7.90. The number of rotatable bonds is 4. The molecule has 0 spiro atoms. The molecule has 0 radical (unpaired) electrons. The normalized spacial score (nSPS) is 29.2. The smallest absolute Gasteiger partial charge is 0.00172 e. The van der Waals surface area contributed by atoms with Gasteiger partial charge in [-0.05, 0) is 42.7 Å². The third-order valence-corrected chi connectivity index (χ3v) is 4.47. The lowest BCUT2D eigenvalue weighted by molar-refractivity contribution is 0.142. The minimum absolute atomic E-state index is 0.375. The number of nitrogens with two attached hydrogens (primary N) is 1. The number of hydrogen-bond donors (Lipinski definition) is 1. The van der Waals surface area contributed by atoms with Gasteiger partial charge in [0.25, 0.3) is 0 Å². The Bertz CT molecular complexity index is 333. The summed E-state index contributed by atoms with van der Waals surface area (Å²) in [5.41, 5.74) is 7.93. The average molecular weight is 231 g/mol. The first-order valence-corrected chi connectivity index (χ1v) is 7.02. The van der Waals surface area contributed by atoms with Crippen molar-refractivity contribution in [3.05, 3.63) is 35.9 Å². The van der Waals surface area contributed by atoms with Gasteiger partial charge in [-0.3, -0.25) is 0 Å². The monoisotopic (exact) mass is 231 g/mol. The fourth-order valence-corrected chi connectivity index (χ4v) is 3.38. The zero-order chi connectivity index (χ0) is 12.1. The molecular weight excluding hydrogens is 206 g/mol. The average Bonchev–Trinajstić information content (AvgIpc) is 2.40. The lowest BCUT2D eigenvalue weighted by Gasteiger charge is -2.40. The number of benzene rings is 1. The molecule has 0 aromatic heterocycles. The molecule has 0 amide bonds. The van der Waals surface area contributed by atoms with Crippen molar-refractivity contribution in [2.45, 2.75) is 45.4 Å². The fraction of sp³-hybridized carbons (Fsp3) is 0.625. The van der Waals surface area contributed by atoms with E-state index in [2.05, 4.69) is 37.3 Å². The molecule has 1 nitrogen and oxygen atoms in total. The van der Waals surface area contributed by atoms with Gasteiger partial charge in [0.05, 0.1) is 0 Å². The van der Waals surface area contributed by atoms with Gasteiger partial charge in [0, 0.05) is 0 Å². The molecule has 1 heteroatoms. The van der Waals surface area contributed by atoms with Gasteiger partial charge in [-0.15, -0.1) is 0 Å². The Hall–Kier alpha value is -0.820. The van der Waals surface area contributed by atoms with Crippen LogP contribution in [0, 0.1) is 11.3 Å². The summed E-state index contributed by atoms with van der Waals surface area (Å²) >= 11 is 0. The fourth-order valence-electron chi connectivity index (χ4n) is 3.38. The van der Waals surface area contributed by atoms with Gasteiger partial charge < -0.3 is 5.73 Å². The summed E-state index contributed by atoms with van der Waals surface area (Å²) < 4.78 is 0. The second-order valence-electron chi connectivity index (χ2n) is 5.74. The highest BCUT2D eigenvalue weighted by molar-refractivity contribution is 5.17. The highest BCUT2D eigenvalue weighted by Gasteiger charge is 2.34. The highest BCUT2D eigenvalue weighted by Crippen LogP contribution is 2.42. The molecule has 2 N–H and O–H groups in total. The van der Waals surface area contributed by atoms with E-state index in [4.69, 9.17) is 5.73 Å². The van der Waals surface area contributed by atoms with Crippen LogP contribution in [0.25, 0.3) is 0 Å². The van der Waals surface area contributed by atoms with Crippen LogP contribution in [0.3, 0.4) is 0 Å². The van der Waals surface area contributed by atoms with E-state index in [0.29, 0.717) is 5.41 Å². The van der Waals surface area contributed by atoms with E-state index in [-0.39, 0.29) is 0 Å². The molecule has 2 unspecified atom stereocenters. The van der Waals surface area contributed by atoms with E-state index >= 15 is 0 Å². The molecule has 1 aromatic carbocycles. The SMILES string of the molecule is CCC1CCCC(CN)(Cc2ccccc2)C1. The summed E-state index contributed by atoms with van der Waals surface area (Å²) in [5.74, 6) is 0.899. The zero-order valence-electron chi connectivity index (χ0n) is 11.0. The van der Waals surface area contributed by atoms with Crippen LogP contribution in [0.2, 0.25) is 0 Å². The minimum atomic E-state index is 0.375. The molecule has 1 aromatic rings. The van der Waals surface area contributed by atoms with Crippen LogP contribution in [0.4, 0.5) is 0 Å². The minimum Gasteiger partial charge on any atom is -0.330 e. The Labute approximate surface area is 105 Å². The summed E-state index contributed by atoms with van der Waals surface area (Å²) in [6.45, 7) is 3.16. The van der Waals surface area contributed by atoms with Gasteiger partial charge in [-0.25, -0.2) is 0 Å². The first kappa shape index (κ1) is 12.6. The first-order valence-electron chi connectivity index (χ1n) is 7.02. The molecule has 0 heterocycles. The molecule has 0 saturated heterocycles. The molecule has 94 valence electrons. The maximum Gasteiger partial charge on any atom is -0.00172 e. The van der Waals surface area contributed by atoms with E-state index < -0.39 is 0 Å². The van der Waals surface area contributed by atoms with Crippen molar-refractivity contribution in [1.29, 1.82) is 0 Å². The van der Waals surface area contributed by atoms with Crippen LogP contribution >= 0.6 is 0 Å². The lowest BCUT2D eigenvalue weighted by atomic mass is 9.66. The van der Waals surface area contributed by atoms with Crippen molar-refractivity contribution < 1.29 is 0 Å². The van der Waals surface area contributed by atoms with Gasteiger partial charge in [0.1, 0.15) is 0 Å². The van der Waals surface area contributed by atoms with Crippen molar-refractivity contribution in [2.24, 2.45) is 17.1 Å². The van der Waals surface area contributed by atoms with Crippen molar-refractivity contribution in [3.63, 3.8) is 0 Å². The summed E-state index contributed by atoms with van der Waals surface area (Å²) in [6, 6.07) is 10.9. The van der Waals surface area contributed by atoms with Crippen molar-refractivity contribution in [3.8, 4) is 0 Å². The van der Waals surface area contributed by atoms with E-state index in [1.54, 1.807) is 0 Å². The van der Waals surface area contributed by atoms with Crippen molar-refractivity contribution in [1.82, 2.24) is 0 Å². The zero-order valence-corrected chi connectivity index (χ0v) is 11.0. The molecule has 1 saturated carbocycles. The Morgan fingerprint density at radius 1 is 1.29 bits per heavy atom. The van der Waals surface area contributed by atoms with E-state index in [9.17, 15) is 0 Å². The van der Waals surface area contributed by atoms with E-state index in [1.807, 2.05) is 0 Å². The Morgan fingerprint density at radius 2 is 2.06 bits per heavy atom. The predicted molar refractivity (Wildman–Crippen MR) is 73.9 cm³/mol. The second kappa shape index (κ2) is 5.68. The van der Waals surface area contributed by atoms with E-state index in [0.717, 1.165) is 12.5 Å². The largest absolute Gasteiger partial charge is 0.330 e. The number of hydrogen-bond acceptors (Lipinski definition) is 1. The molecule has 17 heavy (non-hydrogen) atoms. The van der Waals surface area contributed by atoms with Gasteiger partial charge in [0.2, 0.25) is 0 Å². The molecule has 1 aliphatic carbocycles. The predicted octanol–water partition coefficient (Wildman–Crippen LogP) is 3.77. The molecule has 2 rings (SSSR count). The van der Waals surface area contributed by atoms with Gasteiger partial charge in [-0.2, -0.15) is 0 Å². The van der Waals surface area contributed by atoms with Crippen molar-refractivity contribution >= 4 is 0 Å². The van der Waals surface area contributed by atoms with Gasteiger partial charge in [0.15, 0.2) is 0 Å². The third-order valence-electron chi connectivity index (χ3n) is 4.47. The summed E-state index contributed by atoms with van der Waals surface area (Å²) in [7, 11) is 0. The molecule has 0 aliphatic heterocycles.